The van der Waals surface area contributed by atoms with Crippen LogP contribution >= 0.6 is 45.3 Å². The fraction of sp³-hybridized carbons (Fsp3) is 0.161. The zero-order valence-corrected chi connectivity index (χ0v) is 27.1. The summed E-state index contributed by atoms with van der Waals surface area (Å²) < 4.78 is 62.9. The quantitative estimate of drug-likeness (QED) is 0.159. The zero-order chi connectivity index (χ0) is 30.7. The molecule has 6 nitrogen and oxygen atoms in total. The van der Waals surface area contributed by atoms with Crippen molar-refractivity contribution in [2.45, 2.75) is 6.18 Å². The third kappa shape index (κ3) is 6.81. The molecule has 43 heavy (non-hydrogen) atoms. The molecule has 0 aliphatic rings. The number of rotatable bonds is 6. The summed E-state index contributed by atoms with van der Waals surface area (Å²) in [6.45, 7) is 0. The third-order valence-electron chi connectivity index (χ3n) is 6.34. The van der Waals surface area contributed by atoms with E-state index in [2.05, 4.69) is 27.6 Å². The smallest absolute Gasteiger partial charge is 0.418 e. The van der Waals surface area contributed by atoms with Gasteiger partial charge in [0.15, 0.2) is 0 Å². The van der Waals surface area contributed by atoms with Gasteiger partial charge in [0.2, 0.25) is 0 Å². The Bertz CT molecular complexity index is 1870. The first kappa shape index (κ1) is 30.8. The molecule has 0 aliphatic carbocycles. The number of aromatic nitrogens is 2. The molecule has 0 amide bonds. The molecule has 0 unspecified atom stereocenters. The summed E-state index contributed by atoms with van der Waals surface area (Å²) in [5, 5.41) is 1.52. The van der Waals surface area contributed by atoms with Gasteiger partial charge in [0.25, 0.3) is 0 Å². The number of halogens is 4. The molecule has 6 aromatic rings. The lowest BCUT2D eigenvalue weighted by Crippen LogP contribution is -2.06. The second-order valence-corrected chi connectivity index (χ2v) is 12.2. The molecule has 0 bridgehead atoms. The molecule has 0 aliphatic heterocycles. The summed E-state index contributed by atoms with van der Waals surface area (Å²) in [6.07, 6.45) is -4.49. The normalized spacial score (nSPS) is 11.3. The Balaban J connectivity index is 0.000000173. The van der Waals surface area contributed by atoms with E-state index in [1.165, 1.54) is 18.4 Å². The van der Waals surface area contributed by atoms with Crippen molar-refractivity contribution in [1.29, 1.82) is 0 Å². The van der Waals surface area contributed by atoms with Gasteiger partial charge in [0.1, 0.15) is 33.0 Å². The maximum atomic E-state index is 13.2. The number of fused-ring (bicyclic) bond motifs is 2. The van der Waals surface area contributed by atoms with Crippen LogP contribution in [0.3, 0.4) is 0 Å². The van der Waals surface area contributed by atoms with Crippen LogP contribution in [0.4, 0.5) is 13.2 Å². The second-order valence-electron chi connectivity index (χ2n) is 8.97. The summed E-state index contributed by atoms with van der Waals surface area (Å²) in [6, 6.07) is 21.5. The van der Waals surface area contributed by atoms with Crippen LogP contribution in [0.2, 0.25) is 0 Å². The summed E-state index contributed by atoms with van der Waals surface area (Å²) in [4.78, 5) is 8.91. The summed E-state index contributed by atoms with van der Waals surface area (Å²) in [5.74, 6) is 2.56. The molecule has 12 heteroatoms. The van der Waals surface area contributed by atoms with Crippen LogP contribution in [-0.4, -0.2) is 38.4 Å². The zero-order valence-electron chi connectivity index (χ0n) is 23.3. The number of ether oxygens (including phenoxy) is 4. The number of methoxy groups -OCH3 is 4. The van der Waals surface area contributed by atoms with E-state index in [0.29, 0.717) is 15.5 Å². The highest BCUT2D eigenvalue weighted by Gasteiger charge is 2.35. The van der Waals surface area contributed by atoms with Crippen LogP contribution in [0.25, 0.3) is 41.6 Å². The third-order valence-corrected chi connectivity index (χ3v) is 9.27. The van der Waals surface area contributed by atoms with E-state index in [0.717, 1.165) is 47.5 Å². The summed E-state index contributed by atoms with van der Waals surface area (Å²) >= 11 is 5.16. The Morgan fingerprint density at radius 2 is 1.00 bits per heavy atom. The van der Waals surface area contributed by atoms with Crippen molar-refractivity contribution in [2.24, 2.45) is 0 Å². The van der Waals surface area contributed by atoms with E-state index < -0.39 is 11.7 Å². The van der Waals surface area contributed by atoms with Crippen molar-refractivity contribution in [3.05, 3.63) is 81.9 Å². The van der Waals surface area contributed by atoms with E-state index in [9.17, 15) is 13.2 Å². The highest BCUT2D eigenvalue weighted by atomic mass is 127. The van der Waals surface area contributed by atoms with Crippen molar-refractivity contribution in [3.63, 3.8) is 0 Å². The van der Waals surface area contributed by atoms with Gasteiger partial charge < -0.3 is 18.9 Å². The van der Waals surface area contributed by atoms with Gasteiger partial charge in [-0.3, -0.25) is 0 Å². The van der Waals surface area contributed by atoms with Gasteiger partial charge in [-0.2, -0.15) is 13.2 Å². The lowest BCUT2D eigenvalue weighted by molar-refractivity contribution is -0.136. The number of nitrogens with zero attached hydrogens (tertiary/aromatic N) is 2. The summed E-state index contributed by atoms with van der Waals surface area (Å²) in [5.41, 5.74) is 2.01. The molecule has 0 saturated carbocycles. The molecule has 0 radical (unpaired) electrons. The molecule has 0 saturated heterocycles. The minimum Gasteiger partial charge on any atom is -0.497 e. The largest absolute Gasteiger partial charge is 0.497 e. The predicted octanol–water partition coefficient (Wildman–Crippen LogP) is 9.58. The standard InChI is InChI=1S/C16H12F3NO2S.C15H12INO2S/c1-21-10-5-3-9(4-6-10)15-20-14-12(16(17,18)19)7-11(22-2)8-13(14)23-15;1-18-10-5-3-9(4-6-10)15-17-14-12(16)7-11(19-2)8-13(14)20-15/h3-8H,1-2H3;3-8H,1-2H3. The first-order chi connectivity index (χ1) is 20.6. The van der Waals surface area contributed by atoms with Crippen molar-refractivity contribution in [1.82, 2.24) is 9.97 Å². The molecule has 222 valence electrons. The minimum absolute atomic E-state index is 0.0610. The molecule has 6 rings (SSSR count). The first-order valence-corrected chi connectivity index (χ1v) is 15.3. The van der Waals surface area contributed by atoms with E-state index in [4.69, 9.17) is 23.9 Å². The van der Waals surface area contributed by atoms with Gasteiger partial charge in [-0.1, -0.05) is 0 Å². The Hall–Kier alpha value is -3.62. The van der Waals surface area contributed by atoms with Crippen LogP contribution in [0.1, 0.15) is 5.56 Å². The number of alkyl halides is 3. The van der Waals surface area contributed by atoms with E-state index in [1.807, 2.05) is 36.4 Å². The van der Waals surface area contributed by atoms with Gasteiger partial charge in [-0.25, -0.2) is 9.97 Å². The van der Waals surface area contributed by atoms with E-state index in [1.54, 1.807) is 63.0 Å². The topological polar surface area (TPSA) is 62.7 Å². The molecular weight excluding hydrogens is 712 g/mol. The van der Waals surface area contributed by atoms with E-state index in [-0.39, 0.29) is 11.3 Å². The monoisotopic (exact) mass is 736 g/mol. The van der Waals surface area contributed by atoms with Crippen LogP contribution < -0.4 is 18.9 Å². The van der Waals surface area contributed by atoms with Gasteiger partial charge in [-0.05, 0) is 95.4 Å². The lowest BCUT2D eigenvalue weighted by atomic mass is 10.1. The number of benzene rings is 4. The molecule has 0 N–H and O–H groups in total. The maximum absolute atomic E-state index is 13.2. The van der Waals surface area contributed by atoms with Crippen molar-refractivity contribution in [2.75, 3.05) is 28.4 Å². The average molecular weight is 737 g/mol. The number of hydrogen-bond donors (Lipinski definition) is 0. The molecule has 4 aromatic carbocycles. The Kier molecular flexibility index (Phi) is 9.28. The highest BCUT2D eigenvalue weighted by Crippen LogP contribution is 2.41. The molecular formula is C31H24F3IN2O4S2. The van der Waals surface area contributed by atoms with Gasteiger partial charge >= 0.3 is 6.18 Å². The Labute approximate surface area is 267 Å². The molecule has 2 aromatic heterocycles. The predicted molar refractivity (Wildman–Crippen MR) is 174 cm³/mol. The average Bonchev–Trinajstić information content (AvgIpc) is 3.65. The van der Waals surface area contributed by atoms with Crippen molar-refractivity contribution in [3.8, 4) is 44.1 Å². The van der Waals surface area contributed by atoms with Gasteiger partial charge in [0, 0.05) is 14.7 Å². The molecule has 2 heterocycles. The van der Waals surface area contributed by atoms with Gasteiger partial charge in [0.05, 0.1) is 54.4 Å². The fourth-order valence-electron chi connectivity index (χ4n) is 4.14. The van der Waals surface area contributed by atoms with Crippen LogP contribution in [0.5, 0.6) is 23.0 Å². The van der Waals surface area contributed by atoms with Crippen LogP contribution in [0.15, 0.2) is 72.8 Å². The lowest BCUT2D eigenvalue weighted by Gasteiger charge is -2.09. The van der Waals surface area contributed by atoms with Crippen molar-refractivity contribution < 1.29 is 32.1 Å². The highest BCUT2D eigenvalue weighted by molar-refractivity contribution is 14.1. The summed E-state index contributed by atoms with van der Waals surface area (Å²) in [7, 11) is 6.24. The Morgan fingerprint density at radius 1 is 0.581 bits per heavy atom. The number of thiazole rings is 2. The van der Waals surface area contributed by atoms with Gasteiger partial charge in [-0.15, -0.1) is 22.7 Å². The minimum atomic E-state index is -4.49. The van der Waals surface area contributed by atoms with E-state index >= 15 is 0 Å². The number of hydrogen-bond acceptors (Lipinski definition) is 8. The molecule has 0 fully saturated rings. The maximum Gasteiger partial charge on any atom is 0.418 e. The van der Waals surface area contributed by atoms with Crippen LogP contribution in [-0.2, 0) is 6.18 Å². The van der Waals surface area contributed by atoms with Crippen LogP contribution in [0, 0.1) is 3.57 Å². The molecule has 0 spiro atoms. The molecule has 0 atom stereocenters. The first-order valence-electron chi connectivity index (χ1n) is 12.6. The fourth-order valence-corrected chi connectivity index (χ4v) is 7.09. The SMILES string of the molecule is COc1ccc(-c2nc3c(C(F)(F)F)cc(OC)cc3s2)cc1.COc1ccc(-c2nc3c(I)cc(OC)cc3s2)cc1. The Morgan fingerprint density at radius 3 is 1.44 bits per heavy atom. The second kappa shape index (κ2) is 12.9. The van der Waals surface area contributed by atoms with Crippen molar-refractivity contribution >= 4 is 65.7 Å².